The molecule has 0 aliphatic heterocycles. The molecule has 2 aliphatic rings. The third-order valence-electron chi connectivity index (χ3n) is 6.73. The molecule has 1 saturated carbocycles. The van der Waals surface area contributed by atoms with Crippen molar-refractivity contribution < 1.29 is 39.2 Å². The van der Waals surface area contributed by atoms with E-state index in [1.54, 1.807) is 23.1 Å². The highest BCUT2D eigenvalue weighted by Crippen LogP contribution is 2.38. The van der Waals surface area contributed by atoms with Crippen LogP contribution in [0.25, 0.3) is 0 Å². The minimum atomic E-state index is -1.14. The van der Waals surface area contributed by atoms with Crippen LogP contribution in [0.2, 0.25) is 0 Å². The van der Waals surface area contributed by atoms with E-state index in [4.69, 9.17) is 14.6 Å². The highest BCUT2D eigenvalue weighted by Gasteiger charge is 2.42. The Morgan fingerprint density at radius 3 is 2.53 bits per heavy atom. The number of carbonyl (C=O) groups is 3. The van der Waals surface area contributed by atoms with Crippen molar-refractivity contribution in [2.75, 3.05) is 26.8 Å². The number of Topliss-reactive ketones (excluding diaryl/α,β-unsaturated/α-hetero) is 1. The predicted octanol–water partition coefficient (Wildman–Crippen LogP) is 1.71. The van der Waals surface area contributed by atoms with Gasteiger partial charge in [0, 0.05) is 37.9 Å². The van der Waals surface area contributed by atoms with E-state index in [0.717, 1.165) is 12.8 Å². The number of aliphatic hydroxyl groups excluding tert-OH is 3. The molecule has 3 unspecified atom stereocenters. The molecule has 38 heavy (non-hydrogen) atoms. The lowest BCUT2D eigenvalue weighted by Crippen LogP contribution is -2.55. The zero-order valence-corrected chi connectivity index (χ0v) is 24.0. The fourth-order valence-corrected chi connectivity index (χ4v) is 5.32. The van der Waals surface area contributed by atoms with Crippen LogP contribution in [0, 0.1) is 9.49 Å². The number of methoxy groups -OCH3 is 1. The van der Waals surface area contributed by atoms with Crippen molar-refractivity contribution in [1.82, 2.24) is 10.2 Å². The highest BCUT2D eigenvalue weighted by molar-refractivity contribution is 14.1. The van der Waals surface area contributed by atoms with E-state index in [9.17, 15) is 24.6 Å². The summed E-state index contributed by atoms with van der Waals surface area (Å²) >= 11 is 2.05. The van der Waals surface area contributed by atoms with Crippen LogP contribution >= 0.6 is 22.6 Å². The van der Waals surface area contributed by atoms with Crippen LogP contribution in [0.15, 0.2) is 23.8 Å². The summed E-state index contributed by atoms with van der Waals surface area (Å²) in [4.78, 5) is 39.3. The van der Waals surface area contributed by atoms with Gasteiger partial charge in [0.25, 0.3) is 0 Å². The molecular formula is C27H37IN2O8. The molecule has 2 aliphatic carbocycles. The molecular weight excluding hydrogens is 607 g/mol. The Morgan fingerprint density at radius 2 is 1.92 bits per heavy atom. The molecule has 0 saturated heterocycles. The molecule has 3 rings (SSSR count). The largest absolute Gasteiger partial charge is 0.493 e. The molecule has 0 heterocycles. The summed E-state index contributed by atoms with van der Waals surface area (Å²) in [5.41, 5.74) is 0.976. The molecule has 1 aromatic carbocycles. The molecule has 0 radical (unpaired) electrons. The lowest BCUT2D eigenvalue weighted by molar-refractivity contribution is -0.139. The summed E-state index contributed by atoms with van der Waals surface area (Å²) in [6.07, 6.45) is 2.45. The summed E-state index contributed by atoms with van der Waals surface area (Å²) in [5.74, 6) is 0.491. The number of hydrogen-bond donors (Lipinski definition) is 4. The van der Waals surface area contributed by atoms with Gasteiger partial charge >= 0.3 is 0 Å². The van der Waals surface area contributed by atoms with Crippen molar-refractivity contribution in [2.45, 2.75) is 70.3 Å². The Balaban J connectivity index is 1.93. The fourth-order valence-electron chi connectivity index (χ4n) is 4.53. The molecule has 1 fully saturated rings. The van der Waals surface area contributed by atoms with Crippen molar-refractivity contribution in [1.29, 1.82) is 0 Å². The molecule has 2 amide bonds. The first kappa shape index (κ1) is 30.3. The second kappa shape index (κ2) is 14.2. The van der Waals surface area contributed by atoms with E-state index < -0.39 is 24.2 Å². The average Bonchev–Trinajstić information content (AvgIpc) is 3.71. The zero-order chi connectivity index (χ0) is 27.8. The maximum absolute atomic E-state index is 13.3. The number of nitrogens with one attached hydrogen (secondary N) is 1. The maximum atomic E-state index is 13.3. The lowest BCUT2D eigenvalue weighted by Gasteiger charge is -2.41. The Bertz CT molecular complexity index is 1040. The number of aliphatic hydroxyl groups is 3. The van der Waals surface area contributed by atoms with Crippen LogP contribution in [0.5, 0.6) is 11.5 Å². The van der Waals surface area contributed by atoms with E-state index in [1.807, 2.05) is 0 Å². The summed E-state index contributed by atoms with van der Waals surface area (Å²) < 4.78 is 12.4. The van der Waals surface area contributed by atoms with Gasteiger partial charge in [-0.25, -0.2) is 0 Å². The molecule has 4 N–H and O–H groups in total. The van der Waals surface area contributed by atoms with Crippen molar-refractivity contribution in [3.05, 3.63) is 32.9 Å². The van der Waals surface area contributed by atoms with Gasteiger partial charge in [0.2, 0.25) is 11.8 Å². The SMILES string of the molecule is COc1cc(CO)cc(I)c1OC1C=C(C(=O)NCCO)CC(N(CC2CC2)C(=O)CCCC(C)=O)C1O. The molecule has 210 valence electrons. The lowest BCUT2D eigenvalue weighted by atomic mass is 9.87. The Labute approximate surface area is 236 Å². The van der Waals surface area contributed by atoms with Crippen molar-refractivity contribution in [2.24, 2.45) is 5.92 Å². The van der Waals surface area contributed by atoms with Crippen LogP contribution in [0.3, 0.4) is 0 Å². The number of rotatable bonds is 14. The first-order valence-electron chi connectivity index (χ1n) is 12.9. The molecule has 11 heteroatoms. The van der Waals surface area contributed by atoms with Crippen molar-refractivity contribution in [3.63, 3.8) is 0 Å². The van der Waals surface area contributed by atoms with Crippen LogP contribution in [-0.4, -0.2) is 82.9 Å². The van der Waals surface area contributed by atoms with Crippen LogP contribution < -0.4 is 14.8 Å². The zero-order valence-electron chi connectivity index (χ0n) is 21.8. The average molecular weight is 645 g/mol. The number of hydrogen-bond acceptors (Lipinski definition) is 8. The van der Waals surface area contributed by atoms with Gasteiger partial charge in [0.15, 0.2) is 11.5 Å². The molecule has 0 aromatic heterocycles. The van der Waals surface area contributed by atoms with Crippen LogP contribution in [-0.2, 0) is 21.0 Å². The second-order valence-corrected chi connectivity index (χ2v) is 11.0. The van der Waals surface area contributed by atoms with Gasteiger partial charge in [-0.3, -0.25) is 9.59 Å². The summed E-state index contributed by atoms with van der Waals surface area (Å²) in [6, 6.07) is 2.66. The smallest absolute Gasteiger partial charge is 0.247 e. The molecule has 0 spiro atoms. The fraction of sp³-hybridized carbons (Fsp3) is 0.593. The Hall–Kier alpha value is -2.22. The topological polar surface area (TPSA) is 146 Å². The monoisotopic (exact) mass is 644 g/mol. The minimum absolute atomic E-state index is 0.0132. The standard InChI is InChI=1S/C27H37IN2O8/c1-16(33)4-3-5-24(34)30(14-17-6-7-17)21-12-19(27(36)29-8-9-31)13-22(25(21)35)38-26-20(28)10-18(15-32)11-23(26)37-2/h10-11,13,17,21-22,25,31-32,35H,3-9,12,14-15H2,1-2H3,(H,29,36). The van der Waals surface area contributed by atoms with Gasteiger partial charge in [-0.1, -0.05) is 0 Å². The van der Waals surface area contributed by atoms with E-state index in [1.165, 1.54) is 14.0 Å². The van der Waals surface area contributed by atoms with Crippen molar-refractivity contribution in [3.8, 4) is 11.5 Å². The van der Waals surface area contributed by atoms with Gasteiger partial charge in [0.1, 0.15) is 18.0 Å². The van der Waals surface area contributed by atoms with E-state index >= 15 is 0 Å². The van der Waals surface area contributed by atoms with E-state index in [-0.39, 0.29) is 44.3 Å². The quantitative estimate of drug-likeness (QED) is 0.224. The second-order valence-electron chi connectivity index (χ2n) is 9.83. The van der Waals surface area contributed by atoms with E-state index in [2.05, 4.69) is 27.9 Å². The Morgan fingerprint density at radius 1 is 1.18 bits per heavy atom. The normalized spacial score (nSPS) is 20.9. The number of amides is 2. The third-order valence-corrected chi connectivity index (χ3v) is 7.53. The summed E-state index contributed by atoms with van der Waals surface area (Å²) in [7, 11) is 1.47. The van der Waals surface area contributed by atoms with Gasteiger partial charge in [0.05, 0.1) is 29.9 Å². The van der Waals surface area contributed by atoms with Gasteiger partial charge in [-0.15, -0.1) is 0 Å². The third kappa shape index (κ3) is 8.14. The van der Waals surface area contributed by atoms with Crippen LogP contribution in [0.4, 0.5) is 0 Å². The summed E-state index contributed by atoms with van der Waals surface area (Å²) in [6.45, 7) is 1.62. The summed E-state index contributed by atoms with van der Waals surface area (Å²) in [5, 5.41) is 32.9. The molecule has 1 aromatic rings. The molecule has 10 nitrogen and oxygen atoms in total. The van der Waals surface area contributed by atoms with E-state index in [0.29, 0.717) is 51.5 Å². The van der Waals surface area contributed by atoms with Gasteiger partial charge < -0.3 is 39.8 Å². The highest BCUT2D eigenvalue weighted by atomic mass is 127. The molecule has 0 bridgehead atoms. The van der Waals surface area contributed by atoms with Gasteiger partial charge in [-0.05, 0) is 78.5 Å². The number of ketones is 1. The van der Waals surface area contributed by atoms with Crippen LogP contribution in [0.1, 0.15) is 51.0 Å². The number of ether oxygens (including phenoxy) is 2. The van der Waals surface area contributed by atoms with Gasteiger partial charge in [-0.2, -0.15) is 0 Å². The van der Waals surface area contributed by atoms with Crippen molar-refractivity contribution >= 4 is 40.2 Å². The number of benzene rings is 1. The number of carbonyl (C=O) groups excluding carboxylic acids is 3. The first-order chi connectivity index (χ1) is 18.2. The first-order valence-corrected chi connectivity index (χ1v) is 14.0. The number of halogens is 1. The number of nitrogens with zero attached hydrogens (tertiary/aromatic N) is 1. The Kier molecular flexibility index (Phi) is 11.4. The predicted molar refractivity (Wildman–Crippen MR) is 148 cm³/mol. The molecule has 3 atom stereocenters. The minimum Gasteiger partial charge on any atom is -0.493 e. The maximum Gasteiger partial charge on any atom is 0.247 e.